The number of aryl methyl sites for hydroxylation is 1. The Bertz CT molecular complexity index is 1450. The second kappa shape index (κ2) is 12.2. The van der Waals surface area contributed by atoms with Gasteiger partial charge in [0, 0.05) is 6.42 Å². The van der Waals surface area contributed by atoms with E-state index in [0.29, 0.717) is 35.9 Å². The first kappa shape index (κ1) is 30.3. The number of methoxy groups -OCH3 is 1. The lowest BCUT2D eigenvalue weighted by Crippen LogP contribution is -2.56. The summed E-state index contributed by atoms with van der Waals surface area (Å²) in [5.41, 5.74) is -0.237. The van der Waals surface area contributed by atoms with E-state index in [-0.39, 0.29) is 24.9 Å². The number of ether oxygens (including phenoxy) is 4. The molecule has 3 unspecified atom stereocenters. The summed E-state index contributed by atoms with van der Waals surface area (Å²) in [6.07, 6.45) is -0.940. The molecule has 6 atom stereocenters. The summed E-state index contributed by atoms with van der Waals surface area (Å²) < 4.78 is 50.0. The van der Waals surface area contributed by atoms with Crippen molar-refractivity contribution in [2.45, 2.75) is 64.2 Å². The average molecular weight is 606 g/mol. The monoisotopic (exact) mass is 605 g/mol. The fraction of sp³-hybridized carbons (Fsp3) is 0.556. The van der Waals surface area contributed by atoms with Crippen LogP contribution in [0.2, 0.25) is 0 Å². The second-order valence-corrected chi connectivity index (χ2v) is 12.4. The van der Waals surface area contributed by atoms with Gasteiger partial charge in [0.25, 0.3) is 0 Å². The Balaban J connectivity index is 1.37. The fourth-order valence-corrected chi connectivity index (χ4v) is 6.37. The standard InChI is InChI=1S/C27H36N5O9P/c1-16(2)13-37-25(34)17(3)31-42(35,41-19-9-7-6-8-10-19)39-14-20-22(33)27(11-12-38-27)26(40-20)32-15-28-21-23(32)29-18(4)30-24(21)36-5/h6-10,15-17,20,22,26,33H,11-14H2,1-5H3,(H,31,35)/t17-,20?,22+,26?,27+,42?/m0/s1. The molecule has 0 amide bonds. The third kappa shape index (κ3) is 6.01. The number of aliphatic hydroxyl groups is 1. The number of rotatable bonds is 12. The number of aromatic nitrogens is 4. The zero-order valence-electron chi connectivity index (χ0n) is 24.1. The topological polar surface area (TPSA) is 165 Å². The van der Waals surface area contributed by atoms with Gasteiger partial charge in [0.1, 0.15) is 35.4 Å². The van der Waals surface area contributed by atoms with E-state index in [1.54, 1.807) is 41.8 Å². The average Bonchev–Trinajstić information content (AvgIpc) is 3.48. The van der Waals surface area contributed by atoms with Gasteiger partial charge < -0.3 is 28.6 Å². The first-order chi connectivity index (χ1) is 20.0. The number of carbonyl (C=O) groups is 1. The molecular weight excluding hydrogens is 569 g/mol. The van der Waals surface area contributed by atoms with Crippen LogP contribution in [-0.2, 0) is 28.1 Å². The van der Waals surface area contributed by atoms with Gasteiger partial charge in [0.15, 0.2) is 17.4 Å². The molecule has 15 heteroatoms. The first-order valence-corrected chi connectivity index (χ1v) is 15.3. The number of esters is 1. The van der Waals surface area contributed by atoms with E-state index in [0.717, 1.165) is 0 Å². The molecule has 1 spiro atoms. The maximum atomic E-state index is 14.0. The molecule has 14 nitrogen and oxygen atoms in total. The molecule has 2 aromatic heterocycles. The molecule has 4 heterocycles. The molecule has 2 N–H and O–H groups in total. The largest absolute Gasteiger partial charge is 0.479 e. The molecule has 42 heavy (non-hydrogen) atoms. The lowest BCUT2D eigenvalue weighted by Gasteiger charge is -2.44. The number of fused-ring (bicyclic) bond motifs is 1. The highest BCUT2D eigenvalue weighted by Gasteiger charge is 2.62. The third-order valence-electron chi connectivity index (χ3n) is 7.03. The zero-order chi connectivity index (χ0) is 30.1. The van der Waals surface area contributed by atoms with E-state index in [9.17, 15) is 14.5 Å². The molecule has 0 saturated carbocycles. The van der Waals surface area contributed by atoms with E-state index >= 15 is 0 Å². The highest BCUT2D eigenvalue weighted by Crippen LogP contribution is 2.51. The van der Waals surface area contributed by atoms with Crippen LogP contribution in [0.15, 0.2) is 36.7 Å². The number of imidazole rings is 1. The van der Waals surface area contributed by atoms with E-state index in [4.69, 9.17) is 28.0 Å². The minimum Gasteiger partial charge on any atom is -0.479 e. The minimum absolute atomic E-state index is 0.129. The number of hydrogen-bond acceptors (Lipinski definition) is 12. The Morgan fingerprint density at radius 3 is 2.64 bits per heavy atom. The van der Waals surface area contributed by atoms with Crippen LogP contribution in [0.4, 0.5) is 0 Å². The lowest BCUT2D eigenvalue weighted by molar-refractivity contribution is -0.225. The maximum absolute atomic E-state index is 14.0. The van der Waals surface area contributed by atoms with Gasteiger partial charge in [-0.2, -0.15) is 10.1 Å². The zero-order valence-corrected chi connectivity index (χ0v) is 25.0. The molecule has 228 valence electrons. The summed E-state index contributed by atoms with van der Waals surface area (Å²) in [6.45, 7) is 7.33. The number of nitrogens with one attached hydrogen (secondary N) is 1. The van der Waals surface area contributed by atoms with Gasteiger partial charge >= 0.3 is 13.7 Å². The summed E-state index contributed by atoms with van der Waals surface area (Å²) in [7, 11) is -2.69. The van der Waals surface area contributed by atoms with Gasteiger partial charge in [0.2, 0.25) is 5.88 Å². The molecule has 2 aliphatic rings. The van der Waals surface area contributed by atoms with Crippen molar-refractivity contribution in [3.63, 3.8) is 0 Å². The SMILES string of the molecule is COc1nc(C)nc2c1ncn2C1OC(COP(=O)(N[C@@H](C)C(=O)OCC(C)C)Oc2ccccc2)[C@@H](O)[C@]12CCO2. The van der Waals surface area contributed by atoms with Crippen molar-refractivity contribution in [1.82, 2.24) is 24.6 Å². The molecule has 2 aliphatic heterocycles. The molecule has 1 aromatic carbocycles. The van der Waals surface area contributed by atoms with Crippen molar-refractivity contribution in [1.29, 1.82) is 0 Å². The Morgan fingerprint density at radius 2 is 2.00 bits per heavy atom. The molecule has 5 rings (SSSR count). The Morgan fingerprint density at radius 1 is 1.26 bits per heavy atom. The second-order valence-electron chi connectivity index (χ2n) is 10.7. The van der Waals surface area contributed by atoms with Crippen molar-refractivity contribution >= 4 is 24.9 Å². The van der Waals surface area contributed by atoms with Gasteiger partial charge in [-0.05, 0) is 31.9 Å². The molecular formula is C27H36N5O9P. The van der Waals surface area contributed by atoms with Crippen molar-refractivity contribution < 1.29 is 42.5 Å². The van der Waals surface area contributed by atoms with Crippen LogP contribution in [0.25, 0.3) is 11.2 Å². The van der Waals surface area contributed by atoms with Gasteiger partial charge in [-0.15, -0.1) is 0 Å². The van der Waals surface area contributed by atoms with Crippen molar-refractivity contribution in [2.75, 3.05) is 26.9 Å². The summed E-state index contributed by atoms with van der Waals surface area (Å²) in [6, 6.07) is 7.40. The number of hydrogen-bond donors (Lipinski definition) is 2. The number of carbonyl (C=O) groups excluding carboxylic acids is 1. The predicted octanol–water partition coefficient (Wildman–Crippen LogP) is 2.94. The molecule has 0 radical (unpaired) electrons. The van der Waals surface area contributed by atoms with Crippen LogP contribution in [0.1, 0.15) is 39.2 Å². The molecule has 0 bridgehead atoms. The smallest absolute Gasteiger partial charge is 0.459 e. The predicted molar refractivity (Wildman–Crippen MR) is 149 cm³/mol. The number of nitrogens with zero attached hydrogens (tertiary/aromatic N) is 4. The number of para-hydroxylation sites is 1. The normalized spacial score (nSPS) is 25.7. The molecule has 0 aliphatic carbocycles. The summed E-state index contributed by atoms with van der Waals surface area (Å²) in [4.78, 5) is 25.7. The summed E-state index contributed by atoms with van der Waals surface area (Å²) in [5, 5.41) is 14.0. The number of aliphatic hydroxyl groups excluding tert-OH is 1. The van der Waals surface area contributed by atoms with E-state index in [2.05, 4.69) is 20.0 Å². The van der Waals surface area contributed by atoms with Crippen LogP contribution >= 0.6 is 7.75 Å². The quantitative estimate of drug-likeness (QED) is 0.229. The molecule has 3 aromatic rings. The fourth-order valence-electron chi connectivity index (χ4n) is 4.87. The highest BCUT2D eigenvalue weighted by molar-refractivity contribution is 7.52. The van der Waals surface area contributed by atoms with Crippen LogP contribution in [0.5, 0.6) is 11.6 Å². The van der Waals surface area contributed by atoms with Crippen LogP contribution in [0.3, 0.4) is 0 Å². The van der Waals surface area contributed by atoms with Gasteiger partial charge in [-0.25, -0.2) is 14.5 Å². The van der Waals surface area contributed by atoms with Crippen molar-refractivity contribution in [2.24, 2.45) is 5.92 Å². The van der Waals surface area contributed by atoms with Crippen molar-refractivity contribution in [3.05, 3.63) is 42.5 Å². The van der Waals surface area contributed by atoms with Gasteiger partial charge in [-0.3, -0.25) is 13.9 Å². The van der Waals surface area contributed by atoms with E-state index in [1.165, 1.54) is 20.4 Å². The Kier molecular flexibility index (Phi) is 8.83. The Hall–Kier alpha value is -3.13. The third-order valence-corrected chi connectivity index (χ3v) is 8.67. The number of benzene rings is 1. The molecule has 2 fully saturated rings. The molecule has 2 saturated heterocycles. The first-order valence-electron chi connectivity index (χ1n) is 13.7. The van der Waals surface area contributed by atoms with Gasteiger partial charge in [-0.1, -0.05) is 32.0 Å². The minimum atomic E-state index is -4.19. The summed E-state index contributed by atoms with van der Waals surface area (Å²) >= 11 is 0. The van der Waals surface area contributed by atoms with E-state index < -0.39 is 43.8 Å². The van der Waals surface area contributed by atoms with Crippen molar-refractivity contribution in [3.8, 4) is 11.6 Å². The highest BCUT2D eigenvalue weighted by atomic mass is 31.2. The summed E-state index contributed by atoms with van der Waals surface area (Å²) in [5.74, 6) is 0.555. The maximum Gasteiger partial charge on any atom is 0.459 e. The van der Waals surface area contributed by atoms with Crippen LogP contribution in [-0.4, -0.2) is 81.4 Å². The lowest BCUT2D eigenvalue weighted by atomic mass is 9.86. The van der Waals surface area contributed by atoms with Gasteiger partial charge in [0.05, 0.1) is 33.3 Å². The Labute approximate surface area is 243 Å². The van der Waals surface area contributed by atoms with Crippen LogP contribution < -0.4 is 14.3 Å². The van der Waals surface area contributed by atoms with E-state index in [1.807, 2.05) is 13.8 Å². The van der Waals surface area contributed by atoms with Crippen LogP contribution in [0, 0.1) is 12.8 Å².